The normalized spacial score (nSPS) is 12.1. The average Bonchev–Trinajstić information content (AvgIpc) is 2.39. The van der Waals surface area contributed by atoms with Gasteiger partial charge in [0.25, 0.3) is 8.32 Å². The number of carbonyl (C=O) groups is 2. The molecule has 116 valence electrons. The second kappa shape index (κ2) is 9.75. The number of carboxylic acids is 1. The molecule has 0 amide bonds. The molecule has 0 aromatic heterocycles. The third-order valence-corrected chi connectivity index (χ3v) is 8.11. The van der Waals surface area contributed by atoms with Crippen LogP contribution in [0.15, 0.2) is 12.2 Å². The molecule has 0 bridgehead atoms. The van der Waals surface area contributed by atoms with E-state index in [1.165, 1.54) is 6.42 Å². The van der Waals surface area contributed by atoms with Crippen molar-refractivity contribution < 1.29 is 19.1 Å². The smallest absolute Gasteiger partial charge is 0.328 e. The summed E-state index contributed by atoms with van der Waals surface area (Å²) in [5, 5.41) is 8.52. The van der Waals surface area contributed by atoms with E-state index >= 15 is 0 Å². The van der Waals surface area contributed by atoms with Crippen molar-refractivity contribution in [1.29, 1.82) is 0 Å². The fraction of sp³-hybridized carbons (Fsp3) is 0.733. The number of aliphatic carboxylic acids is 1. The van der Waals surface area contributed by atoms with E-state index in [1.54, 1.807) is 0 Å². The SMILES string of the molecule is CC[Si](CC)(CCCCC(C)C)OC(=O)/C=C\C(=O)O. The lowest BCUT2D eigenvalue weighted by molar-refractivity contribution is -0.133. The van der Waals surface area contributed by atoms with Gasteiger partial charge in [0.15, 0.2) is 0 Å². The molecule has 0 aliphatic carbocycles. The molecule has 5 heteroatoms. The van der Waals surface area contributed by atoms with Crippen LogP contribution >= 0.6 is 0 Å². The molecule has 0 aromatic carbocycles. The highest BCUT2D eigenvalue weighted by Crippen LogP contribution is 2.26. The van der Waals surface area contributed by atoms with Crippen molar-refractivity contribution in [3.05, 3.63) is 12.2 Å². The summed E-state index contributed by atoms with van der Waals surface area (Å²) in [4.78, 5) is 22.1. The Hall–Kier alpha value is -1.10. The molecule has 4 nitrogen and oxygen atoms in total. The maximum Gasteiger partial charge on any atom is 0.328 e. The van der Waals surface area contributed by atoms with Crippen molar-refractivity contribution in [2.45, 2.75) is 65.1 Å². The van der Waals surface area contributed by atoms with Crippen LogP contribution in [0.2, 0.25) is 18.1 Å². The summed E-state index contributed by atoms with van der Waals surface area (Å²) in [7, 11) is -2.04. The van der Waals surface area contributed by atoms with E-state index in [4.69, 9.17) is 9.53 Å². The standard InChI is InChI=1S/C15H28O4Si/c1-5-20(6-2,12-8-7-9-13(3)4)19-15(18)11-10-14(16)17/h10-11,13H,5-9,12H2,1-4H3,(H,16,17)/b11-10-. The zero-order valence-corrected chi connectivity index (χ0v) is 14.1. The van der Waals surface area contributed by atoms with E-state index < -0.39 is 20.3 Å². The largest absolute Gasteiger partial charge is 0.516 e. The Labute approximate surface area is 123 Å². The number of hydrogen-bond donors (Lipinski definition) is 1. The number of unbranched alkanes of at least 4 members (excludes halogenated alkanes) is 1. The first-order chi connectivity index (χ1) is 9.35. The predicted molar refractivity (Wildman–Crippen MR) is 83.1 cm³/mol. The van der Waals surface area contributed by atoms with E-state index in [0.29, 0.717) is 5.92 Å². The zero-order chi connectivity index (χ0) is 15.6. The van der Waals surface area contributed by atoms with E-state index in [0.717, 1.165) is 43.1 Å². The van der Waals surface area contributed by atoms with Crippen LogP contribution in [0.4, 0.5) is 0 Å². The fourth-order valence-electron chi connectivity index (χ4n) is 2.19. The first-order valence-electron chi connectivity index (χ1n) is 7.49. The lowest BCUT2D eigenvalue weighted by atomic mass is 10.1. The summed E-state index contributed by atoms with van der Waals surface area (Å²) < 4.78 is 5.64. The Morgan fingerprint density at radius 1 is 1.15 bits per heavy atom. The Morgan fingerprint density at radius 2 is 1.75 bits per heavy atom. The molecule has 0 aliphatic rings. The third-order valence-electron chi connectivity index (χ3n) is 3.63. The van der Waals surface area contributed by atoms with Gasteiger partial charge in [-0.3, -0.25) is 0 Å². The van der Waals surface area contributed by atoms with E-state index in [1.807, 2.05) is 0 Å². The van der Waals surface area contributed by atoms with Crippen LogP contribution in [0, 0.1) is 5.92 Å². The molecule has 20 heavy (non-hydrogen) atoms. The van der Waals surface area contributed by atoms with Crippen LogP contribution in [-0.4, -0.2) is 25.4 Å². The highest BCUT2D eigenvalue weighted by molar-refractivity contribution is 6.75. The van der Waals surface area contributed by atoms with Crippen LogP contribution in [0.5, 0.6) is 0 Å². The Kier molecular flexibility index (Phi) is 9.21. The molecule has 0 saturated carbocycles. The summed E-state index contributed by atoms with van der Waals surface area (Å²) >= 11 is 0. The molecule has 0 heterocycles. The van der Waals surface area contributed by atoms with Crippen molar-refractivity contribution in [3.63, 3.8) is 0 Å². The zero-order valence-electron chi connectivity index (χ0n) is 13.1. The lowest BCUT2D eigenvalue weighted by Crippen LogP contribution is -2.38. The van der Waals surface area contributed by atoms with E-state index in [-0.39, 0.29) is 0 Å². The Bertz CT molecular complexity index is 333. The van der Waals surface area contributed by atoms with Gasteiger partial charge in [-0.05, 0) is 24.1 Å². The molecule has 0 aromatic rings. The van der Waals surface area contributed by atoms with Crippen molar-refractivity contribution in [1.82, 2.24) is 0 Å². The fourth-order valence-corrected chi connectivity index (χ4v) is 5.17. The summed E-state index contributed by atoms with van der Waals surface area (Å²) in [6.07, 6.45) is 5.30. The van der Waals surface area contributed by atoms with Gasteiger partial charge in [-0.1, -0.05) is 47.0 Å². The second-order valence-electron chi connectivity index (χ2n) is 5.62. The molecular formula is C15H28O4Si. The molecule has 0 rings (SSSR count). The Balaban J connectivity index is 4.43. The van der Waals surface area contributed by atoms with Gasteiger partial charge in [0.2, 0.25) is 0 Å². The van der Waals surface area contributed by atoms with Crippen LogP contribution in [0.1, 0.15) is 47.0 Å². The molecule has 0 saturated heterocycles. The monoisotopic (exact) mass is 300 g/mol. The van der Waals surface area contributed by atoms with Crippen LogP contribution in [0.25, 0.3) is 0 Å². The van der Waals surface area contributed by atoms with Gasteiger partial charge in [0.1, 0.15) is 0 Å². The van der Waals surface area contributed by atoms with Crippen LogP contribution in [-0.2, 0) is 14.0 Å². The summed E-state index contributed by atoms with van der Waals surface area (Å²) in [5.41, 5.74) is 0. The molecule has 1 N–H and O–H groups in total. The van der Waals surface area contributed by atoms with Crippen LogP contribution in [0.3, 0.4) is 0 Å². The first kappa shape index (κ1) is 18.9. The minimum Gasteiger partial charge on any atom is -0.516 e. The first-order valence-corrected chi connectivity index (χ1v) is 10.0. The van der Waals surface area contributed by atoms with E-state index in [2.05, 4.69) is 27.7 Å². The highest BCUT2D eigenvalue weighted by atomic mass is 28.4. The van der Waals surface area contributed by atoms with Crippen molar-refractivity contribution in [2.75, 3.05) is 0 Å². The lowest BCUT2D eigenvalue weighted by Gasteiger charge is -2.28. The quantitative estimate of drug-likeness (QED) is 0.376. The van der Waals surface area contributed by atoms with Gasteiger partial charge in [0.05, 0.1) is 0 Å². The topological polar surface area (TPSA) is 63.6 Å². The van der Waals surface area contributed by atoms with Gasteiger partial charge in [-0.25, -0.2) is 9.59 Å². The number of rotatable bonds is 10. The van der Waals surface area contributed by atoms with Crippen LogP contribution < -0.4 is 0 Å². The molecule has 0 unspecified atom stereocenters. The van der Waals surface area contributed by atoms with Gasteiger partial charge in [-0.2, -0.15) is 0 Å². The summed E-state index contributed by atoms with van der Waals surface area (Å²) in [6.45, 7) is 8.54. The number of carbonyl (C=O) groups excluding carboxylic acids is 1. The second-order valence-corrected chi connectivity index (χ2v) is 10.1. The highest BCUT2D eigenvalue weighted by Gasteiger charge is 2.33. The minimum absolute atomic E-state index is 0.508. The van der Waals surface area contributed by atoms with E-state index in [9.17, 15) is 9.59 Å². The minimum atomic E-state index is -2.04. The van der Waals surface area contributed by atoms with Crippen molar-refractivity contribution >= 4 is 20.3 Å². The molecular weight excluding hydrogens is 272 g/mol. The maximum absolute atomic E-state index is 11.7. The average molecular weight is 300 g/mol. The van der Waals surface area contributed by atoms with Gasteiger partial charge in [-0.15, -0.1) is 0 Å². The van der Waals surface area contributed by atoms with Gasteiger partial charge in [0, 0.05) is 12.2 Å². The maximum atomic E-state index is 11.7. The molecule has 0 aliphatic heterocycles. The number of carboxylic acid groups (broad SMARTS) is 1. The summed E-state index contributed by atoms with van der Waals surface area (Å²) in [6, 6.07) is 2.75. The van der Waals surface area contributed by atoms with Gasteiger partial charge >= 0.3 is 11.9 Å². The molecule has 0 spiro atoms. The van der Waals surface area contributed by atoms with Crippen molar-refractivity contribution in [3.8, 4) is 0 Å². The molecule has 0 radical (unpaired) electrons. The molecule has 0 fully saturated rings. The Morgan fingerprint density at radius 3 is 2.20 bits per heavy atom. The molecule has 0 atom stereocenters. The van der Waals surface area contributed by atoms with Crippen molar-refractivity contribution in [2.24, 2.45) is 5.92 Å². The third kappa shape index (κ3) is 8.14. The predicted octanol–water partition coefficient (Wildman–Crippen LogP) is 3.98. The number of hydrogen-bond acceptors (Lipinski definition) is 3. The van der Waals surface area contributed by atoms with Gasteiger partial charge < -0.3 is 9.53 Å². The summed E-state index contributed by atoms with van der Waals surface area (Å²) in [5.74, 6) is -0.929.